The molecule has 7 nitrogen and oxygen atoms in total. The van der Waals surface area contributed by atoms with Crippen molar-refractivity contribution in [1.29, 1.82) is 0 Å². The van der Waals surface area contributed by atoms with Crippen LogP contribution in [0.25, 0.3) is 0 Å². The van der Waals surface area contributed by atoms with Gasteiger partial charge in [-0.3, -0.25) is 13.9 Å². The van der Waals surface area contributed by atoms with Crippen molar-refractivity contribution in [2.75, 3.05) is 23.7 Å². The van der Waals surface area contributed by atoms with Gasteiger partial charge in [0, 0.05) is 19.2 Å². The van der Waals surface area contributed by atoms with Gasteiger partial charge in [-0.05, 0) is 31.0 Å². The van der Waals surface area contributed by atoms with Gasteiger partial charge in [0.1, 0.15) is 12.6 Å². The highest BCUT2D eigenvalue weighted by molar-refractivity contribution is 7.92. The maximum absolute atomic E-state index is 13.7. The molecule has 2 aromatic rings. The zero-order chi connectivity index (χ0) is 23.9. The van der Waals surface area contributed by atoms with Crippen LogP contribution in [0.5, 0.6) is 0 Å². The van der Waals surface area contributed by atoms with Crippen molar-refractivity contribution in [3.05, 3.63) is 65.7 Å². The Morgan fingerprint density at radius 2 is 1.72 bits per heavy atom. The molecule has 0 bridgehead atoms. The van der Waals surface area contributed by atoms with Crippen molar-refractivity contribution in [3.63, 3.8) is 0 Å². The number of benzene rings is 2. The second-order valence-corrected chi connectivity index (χ2v) is 9.25. The Morgan fingerprint density at radius 3 is 2.28 bits per heavy atom. The summed E-state index contributed by atoms with van der Waals surface area (Å²) in [4.78, 5) is 27.0. The van der Waals surface area contributed by atoms with Crippen molar-refractivity contribution >= 4 is 27.5 Å². The Bertz CT molecular complexity index is 1050. The van der Waals surface area contributed by atoms with Crippen molar-refractivity contribution in [1.82, 2.24) is 10.2 Å². The number of sulfonamides is 1. The summed E-state index contributed by atoms with van der Waals surface area (Å²) in [5, 5.41) is 2.73. The fourth-order valence-corrected chi connectivity index (χ4v) is 3.85. The van der Waals surface area contributed by atoms with Crippen LogP contribution >= 0.6 is 0 Å². The molecule has 2 rings (SSSR count). The quantitative estimate of drug-likeness (QED) is 0.582. The first-order valence-corrected chi connectivity index (χ1v) is 11.9. The number of carbonyl (C=O) groups is 2. The van der Waals surface area contributed by atoms with Gasteiger partial charge in [0.2, 0.25) is 21.8 Å². The van der Waals surface area contributed by atoms with Gasteiger partial charge in [-0.2, -0.15) is 0 Å². The molecule has 0 aliphatic rings. The average Bonchev–Trinajstić information content (AvgIpc) is 2.75. The zero-order valence-electron chi connectivity index (χ0n) is 18.2. The average molecular weight is 468 g/mol. The van der Waals surface area contributed by atoms with Crippen LogP contribution in [0.3, 0.4) is 0 Å². The summed E-state index contributed by atoms with van der Waals surface area (Å²) < 4.78 is 52.4. The van der Waals surface area contributed by atoms with E-state index in [0.717, 1.165) is 24.0 Å². The highest BCUT2D eigenvalue weighted by atomic mass is 32.2. The SMILES string of the molecule is CCCNC(=O)C(C)N(Cc1ccccc1)C(=O)CN(c1ccc(F)c(F)c1)S(C)(=O)=O. The minimum atomic E-state index is -4.01. The largest absolute Gasteiger partial charge is 0.354 e. The van der Waals surface area contributed by atoms with Crippen LogP contribution in [0.15, 0.2) is 48.5 Å². The fraction of sp³-hybridized carbons (Fsp3) is 0.364. The topological polar surface area (TPSA) is 86.8 Å². The Balaban J connectivity index is 2.36. The van der Waals surface area contributed by atoms with Gasteiger partial charge in [0.15, 0.2) is 11.6 Å². The lowest BCUT2D eigenvalue weighted by atomic mass is 10.1. The number of halogens is 2. The summed E-state index contributed by atoms with van der Waals surface area (Å²) in [5.41, 5.74) is 0.553. The van der Waals surface area contributed by atoms with E-state index in [1.807, 2.05) is 13.0 Å². The van der Waals surface area contributed by atoms with Gasteiger partial charge in [-0.25, -0.2) is 17.2 Å². The van der Waals surface area contributed by atoms with Crippen LogP contribution in [-0.2, 0) is 26.2 Å². The fourth-order valence-electron chi connectivity index (χ4n) is 3.01. The minimum absolute atomic E-state index is 0.0652. The first kappa shape index (κ1) is 25.3. The maximum atomic E-state index is 13.7. The van der Waals surface area contributed by atoms with Gasteiger partial charge in [0.05, 0.1) is 11.9 Å². The molecule has 0 saturated heterocycles. The van der Waals surface area contributed by atoms with Crippen molar-refractivity contribution in [2.45, 2.75) is 32.9 Å². The number of rotatable bonds is 10. The molecular weight excluding hydrogens is 440 g/mol. The van der Waals surface area contributed by atoms with Crippen molar-refractivity contribution in [2.24, 2.45) is 0 Å². The number of amides is 2. The van der Waals surface area contributed by atoms with Crippen molar-refractivity contribution in [3.8, 4) is 0 Å². The monoisotopic (exact) mass is 467 g/mol. The smallest absolute Gasteiger partial charge is 0.244 e. The van der Waals surface area contributed by atoms with Gasteiger partial charge >= 0.3 is 0 Å². The van der Waals surface area contributed by atoms with Crippen LogP contribution < -0.4 is 9.62 Å². The van der Waals surface area contributed by atoms with E-state index in [4.69, 9.17) is 0 Å². The number of carbonyl (C=O) groups excluding carboxylic acids is 2. The number of nitrogens with zero attached hydrogens (tertiary/aromatic N) is 2. The molecule has 2 aromatic carbocycles. The zero-order valence-corrected chi connectivity index (χ0v) is 19.0. The summed E-state index contributed by atoms with van der Waals surface area (Å²) in [6.45, 7) is 3.26. The molecule has 1 unspecified atom stereocenters. The summed E-state index contributed by atoms with van der Waals surface area (Å²) in [6.07, 6.45) is 1.57. The first-order chi connectivity index (χ1) is 15.0. The van der Waals surface area contributed by atoms with Crippen LogP contribution in [0.1, 0.15) is 25.8 Å². The van der Waals surface area contributed by atoms with E-state index in [2.05, 4.69) is 5.32 Å². The molecule has 0 aliphatic heterocycles. The van der Waals surface area contributed by atoms with Crippen LogP contribution in [0, 0.1) is 11.6 Å². The number of hydrogen-bond acceptors (Lipinski definition) is 4. The molecule has 0 spiro atoms. The van der Waals surface area contributed by atoms with Gasteiger partial charge in [0.25, 0.3) is 0 Å². The second-order valence-electron chi connectivity index (χ2n) is 7.34. The Kier molecular flexibility index (Phi) is 8.71. The molecule has 2 amide bonds. The third kappa shape index (κ3) is 6.74. The highest BCUT2D eigenvalue weighted by Gasteiger charge is 2.30. The molecule has 32 heavy (non-hydrogen) atoms. The number of hydrogen-bond donors (Lipinski definition) is 1. The molecule has 0 fully saturated rings. The molecule has 174 valence electrons. The summed E-state index contributed by atoms with van der Waals surface area (Å²) >= 11 is 0. The third-order valence-electron chi connectivity index (χ3n) is 4.78. The Hall–Kier alpha value is -3.01. The van der Waals surface area contributed by atoms with Crippen LogP contribution in [-0.4, -0.2) is 50.5 Å². The van der Waals surface area contributed by atoms with E-state index < -0.39 is 40.2 Å². The number of nitrogens with one attached hydrogen (secondary N) is 1. The summed E-state index contributed by atoms with van der Waals surface area (Å²) in [7, 11) is -4.01. The predicted molar refractivity (Wildman–Crippen MR) is 118 cm³/mol. The number of anilines is 1. The normalized spacial score (nSPS) is 12.2. The molecule has 0 saturated carbocycles. The lowest BCUT2D eigenvalue weighted by Gasteiger charge is -2.31. The maximum Gasteiger partial charge on any atom is 0.244 e. The standard InChI is InChI=1S/C22H27F2N3O4S/c1-4-12-25-22(29)16(2)26(14-17-8-6-5-7-9-17)21(28)15-27(32(3,30)31)18-10-11-19(23)20(24)13-18/h5-11,13,16H,4,12,14-15H2,1-3H3,(H,25,29). The van der Waals surface area contributed by atoms with Gasteiger partial charge in [-0.1, -0.05) is 37.3 Å². The van der Waals surface area contributed by atoms with E-state index in [1.165, 1.54) is 4.90 Å². The van der Waals surface area contributed by atoms with Crippen LogP contribution in [0.4, 0.5) is 14.5 Å². The molecular formula is C22H27F2N3O4S. The van der Waals surface area contributed by atoms with Gasteiger partial charge in [-0.15, -0.1) is 0 Å². The highest BCUT2D eigenvalue weighted by Crippen LogP contribution is 2.21. The lowest BCUT2D eigenvalue weighted by Crippen LogP contribution is -2.51. The molecule has 1 atom stereocenters. The molecule has 1 N–H and O–H groups in total. The van der Waals surface area contributed by atoms with E-state index in [1.54, 1.807) is 31.2 Å². The van der Waals surface area contributed by atoms with E-state index >= 15 is 0 Å². The van der Waals surface area contributed by atoms with E-state index in [0.29, 0.717) is 23.3 Å². The molecule has 0 aromatic heterocycles. The Morgan fingerprint density at radius 1 is 1.06 bits per heavy atom. The van der Waals surface area contributed by atoms with Crippen molar-refractivity contribution < 1.29 is 26.8 Å². The summed E-state index contributed by atoms with van der Waals surface area (Å²) in [5.74, 6) is -3.42. The lowest BCUT2D eigenvalue weighted by molar-refractivity contribution is -0.139. The Labute approximate surface area is 187 Å². The molecule has 0 radical (unpaired) electrons. The molecule has 0 aliphatic carbocycles. The minimum Gasteiger partial charge on any atom is -0.354 e. The third-order valence-corrected chi connectivity index (χ3v) is 5.92. The van der Waals surface area contributed by atoms with E-state index in [9.17, 15) is 26.8 Å². The second kappa shape index (κ2) is 11.0. The first-order valence-electron chi connectivity index (χ1n) is 10.1. The van der Waals surface area contributed by atoms with E-state index in [-0.39, 0.29) is 18.1 Å². The molecule has 10 heteroatoms. The summed E-state index contributed by atoms with van der Waals surface area (Å²) in [6, 6.07) is 10.6. The van der Waals surface area contributed by atoms with Crippen LogP contribution in [0.2, 0.25) is 0 Å². The predicted octanol–water partition coefficient (Wildman–Crippen LogP) is 2.67. The molecule has 0 heterocycles. The van der Waals surface area contributed by atoms with Gasteiger partial charge < -0.3 is 10.2 Å².